The van der Waals surface area contributed by atoms with Crippen molar-refractivity contribution in [2.24, 2.45) is 11.8 Å². The Kier molecular flexibility index (Phi) is 2.29. The maximum absolute atomic E-state index is 5.53. The lowest BCUT2D eigenvalue weighted by molar-refractivity contribution is 0.0217. The number of fused-ring (bicyclic) bond motifs is 2. The van der Waals surface area contributed by atoms with Crippen molar-refractivity contribution >= 4 is 0 Å². The molecule has 2 heterocycles. The van der Waals surface area contributed by atoms with Gasteiger partial charge in [0.25, 0.3) is 0 Å². The van der Waals surface area contributed by atoms with Crippen molar-refractivity contribution in [3.8, 4) is 11.5 Å². The first-order valence-electron chi connectivity index (χ1n) is 6.54. The fourth-order valence-corrected chi connectivity index (χ4v) is 3.19. The molecule has 4 unspecified atom stereocenters. The zero-order valence-corrected chi connectivity index (χ0v) is 10.4. The summed E-state index contributed by atoms with van der Waals surface area (Å²) in [5.41, 5.74) is 1.30. The number of likely N-dealkylation sites (N-methyl/N-ethyl adjacent to an activating group) is 1. The summed E-state index contributed by atoms with van der Waals surface area (Å²) in [5, 5.41) is 3.43. The van der Waals surface area contributed by atoms with E-state index in [1.54, 1.807) is 0 Å². The molecule has 0 amide bonds. The minimum absolute atomic E-state index is 0.342. The third kappa shape index (κ3) is 1.52. The molecule has 3 aliphatic rings. The standard InChI is InChI=1S/C14H17NO3/c1-15-10(13-9-6-16-14(9)13)4-8-2-3-11-12(5-8)18-7-17-11/h2-3,5,9-10,13-15H,4,6-7H2,1H3. The van der Waals surface area contributed by atoms with Gasteiger partial charge in [-0.3, -0.25) is 0 Å². The molecule has 2 fully saturated rings. The van der Waals surface area contributed by atoms with Crippen LogP contribution >= 0.6 is 0 Å². The van der Waals surface area contributed by atoms with E-state index in [0.717, 1.165) is 30.4 Å². The van der Waals surface area contributed by atoms with Gasteiger partial charge >= 0.3 is 0 Å². The highest BCUT2D eigenvalue weighted by molar-refractivity contribution is 5.44. The highest BCUT2D eigenvalue weighted by atomic mass is 16.7. The van der Waals surface area contributed by atoms with Crippen LogP contribution in [0.4, 0.5) is 0 Å². The van der Waals surface area contributed by atoms with Crippen molar-refractivity contribution in [2.75, 3.05) is 20.4 Å². The summed E-state index contributed by atoms with van der Waals surface area (Å²) in [6.45, 7) is 1.30. The predicted octanol–water partition coefficient (Wildman–Crippen LogP) is 1.19. The van der Waals surface area contributed by atoms with Crippen LogP contribution in [-0.2, 0) is 11.2 Å². The quantitative estimate of drug-likeness (QED) is 0.867. The van der Waals surface area contributed by atoms with Crippen LogP contribution in [0, 0.1) is 11.8 Å². The van der Waals surface area contributed by atoms with Crippen molar-refractivity contribution in [1.29, 1.82) is 0 Å². The van der Waals surface area contributed by atoms with Gasteiger partial charge in [0.05, 0.1) is 12.7 Å². The molecule has 4 rings (SSSR count). The van der Waals surface area contributed by atoms with Gasteiger partial charge in [0.15, 0.2) is 11.5 Å². The van der Waals surface area contributed by atoms with Gasteiger partial charge in [-0.25, -0.2) is 0 Å². The molecule has 96 valence electrons. The summed E-state index contributed by atoms with van der Waals surface area (Å²) in [6.07, 6.45) is 1.55. The van der Waals surface area contributed by atoms with Gasteiger partial charge in [0.1, 0.15) is 0 Å². The first kappa shape index (κ1) is 10.6. The zero-order valence-electron chi connectivity index (χ0n) is 10.4. The van der Waals surface area contributed by atoms with Crippen molar-refractivity contribution in [1.82, 2.24) is 5.32 Å². The normalized spacial score (nSPS) is 32.6. The Morgan fingerprint density at radius 3 is 2.89 bits per heavy atom. The fraction of sp³-hybridized carbons (Fsp3) is 0.571. The van der Waals surface area contributed by atoms with Gasteiger partial charge in [-0.05, 0) is 31.2 Å². The lowest BCUT2D eigenvalue weighted by atomic mass is 10.0. The van der Waals surface area contributed by atoms with Crippen LogP contribution in [0.25, 0.3) is 0 Å². The predicted molar refractivity (Wildman–Crippen MR) is 65.8 cm³/mol. The summed E-state index contributed by atoms with van der Waals surface area (Å²) < 4.78 is 16.3. The van der Waals surface area contributed by atoms with Crippen LogP contribution in [0.2, 0.25) is 0 Å². The minimum atomic E-state index is 0.342. The Labute approximate surface area is 106 Å². The Morgan fingerprint density at radius 1 is 1.33 bits per heavy atom. The maximum atomic E-state index is 5.53. The lowest BCUT2D eigenvalue weighted by Crippen LogP contribution is -2.31. The number of benzene rings is 1. The minimum Gasteiger partial charge on any atom is -0.454 e. The topological polar surface area (TPSA) is 39.7 Å². The molecule has 1 N–H and O–H groups in total. The molecule has 1 aromatic carbocycles. The summed E-state index contributed by atoms with van der Waals surface area (Å²) in [6, 6.07) is 6.73. The molecule has 4 nitrogen and oxygen atoms in total. The van der Waals surface area contributed by atoms with Gasteiger partial charge in [-0.15, -0.1) is 0 Å². The molecule has 0 aromatic heterocycles. The molecular weight excluding hydrogens is 230 g/mol. The first-order valence-corrected chi connectivity index (χ1v) is 6.54. The highest BCUT2D eigenvalue weighted by Crippen LogP contribution is 2.52. The molecule has 0 bridgehead atoms. The molecule has 1 saturated carbocycles. The maximum Gasteiger partial charge on any atom is 0.231 e. The molecule has 1 aliphatic carbocycles. The molecule has 4 heteroatoms. The van der Waals surface area contributed by atoms with Gasteiger partial charge in [-0.2, -0.15) is 0 Å². The molecule has 2 aliphatic heterocycles. The SMILES string of the molecule is CNC(Cc1ccc2c(c1)OCO2)C1C2COC21. The number of ether oxygens (including phenoxy) is 3. The van der Waals surface area contributed by atoms with E-state index in [-0.39, 0.29) is 0 Å². The second-order valence-electron chi connectivity index (χ2n) is 5.33. The number of nitrogens with one attached hydrogen (secondary N) is 1. The summed E-state index contributed by atoms with van der Waals surface area (Å²) in [7, 11) is 2.04. The van der Waals surface area contributed by atoms with Crippen molar-refractivity contribution in [3.05, 3.63) is 23.8 Å². The number of hydrogen-bond donors (Lipinski definition) is 1. The van der Waals surface area contributed by atoms with Crippen molar-refractivity contribution < 1.29 is 14.2 Å². The third-order valence-electron chi connectivity index (χ3n) is 4.36. The Morgan fingerprint density at radius 2 is 2.17 bits per heavy atom. The van der Waals surface area contributed by atoms with Crippen LogP contribution in [0.1, 0.15) is 5.56 Å². The van der Waals surface area contributed by atoms with E-state index in [4.69, 9.17) is 14.2 Å². The van der Waals surface area contributed by atoms with Crippen LogP contribution in [0.15, 0.2) is 18.2 Å². The van der Waals surface area contributed by atoms with Crippen molar-refractivity contribution in [3.63, 3.8) is 0 Å². The summed E-state index contributed by atoms with van der Waals surface area (Å²) in [5.74, 6) is 3.23. The molecule has 4 atom stereocenters. The largest absolute Gasteiger partial charge is 0.454 e. The van der Waals surface area contributed by atoms with E-state index >= 15 is 0 Å². The summed E-state index contributed by atoms with van der Waals surface area (Å²) >= 11 is 0. The monoisotopic (exact) mass is 247 g/mol. The van der Waals surface area contributed by atoms with E-state index in [2.05, 4.69) is 17.4 Å². The van der Waals surface area contributed by atoms with Gasteiger partial charge in [0.2, 0.25) is 6.79 Å². The number of hydrogen-bond acceptors (Lipinski definition) is 4. The molecule has 1 aromatic rings. The average molecular weight is 247 g/mol. The smallest absolute Gasteiger partial charge is 0.231 e. The Balaban J connectivity index is 1.49. The molecule has 1 saturated heterocycles. The van der Waals surface area contributed by atoms with Crippen molar-refractivity contribution in [2.45, 2.75) is 18.6 Å². The van der Waals surface area contributed by atoms with E-state index in [0.29, 0.717) is 24.9 Å². The van der Waals surface area contributed by atoms with Crippen LogP contribution in [0.5, 0.6) is 11.5 Å². The van der Waals surface area contributed by atoms with Gasteiger partial charge in [0, 0.05) is 17.9 Å². The van der Waals surface area contributed by atoms with Gasteiger partial charge in [-0.1, -0.05) is 6.07 Å². The second kappa shape index (κ2) is 3.87. The van der Waals surface area contributed by atoms with E-state index in [1.165, 1.54) is 5.56 Å². The summed E-state index contributed by atoms with van der Waals surface area (Å²) in [4.78, 5) is 0. The van der Waals surface area contributed by atoms with Crippen LogP contribution in [0.3, 0.4) is 0 Å². The van der Waals surface area contributed by atoms with E-state index in [1.807, 2.05) is 13.1 Å². The molecule has 18 heavy (non-hydrogen) atoms. The Hall–Kier alpha value is -1.26. The fourth-order valence-electron chi connectivity index (χ4n) is 3.19. The zero-order chi connectivity index (χ0) is 12.1. The first-order chi connectivity index (χ1) is 8.86. The molecular formula is C14H17NO3. The number of rotatable bonds is 4. The Bertz CT molecular complexity index is 466. The lowest BCUT2D eigenvalue weighted by Gasteiger charge is -2.15. The van der Waals surface area contributed by atoms with Gasteiger partial charge < -0.3 is 19.5 Å². The molecule has 0 spiro atoms. The highest BCUT2D eigenvalue weighted by Gasteiger charge is 2.61. The third-order valence-corrected chi connectivity index (χ3v) is 4.36. The second-order valence-corrected chi connectivity index (χ2v) is 5.33. The van der Waals surface area contributed by atoms with Crippen LogP contribution < -0.4 is 14.8 Å². The van der Waals surface area contributed by atoms with E-state index in [9.17, 15) is 0 Å². The van der Waals surface area contributed by atoms with E-state index < -0.39 is 0 Å². The molecule has 0 radical (unpaired) electrons. The average Bonchev–Trinajstić information content (AvgIpc) is 2.75. The van der Waals surface area contributed by atoms with Crippen LogP contribution in [-0.4, -0.2) is 32.6 Å².